The molecule has 2 aromatic carbocycles. The van der Waals surface area contributed by atoms with Crippen molar-refractivity contribution in [3.63, 3.8) is 0 Å². The van der Waals surface area contributed by atoms with Gasteiger partial charge < -0.3 is 19.9 Å². The van der Waals surface area contributed by atoms with Gasteiger partial charge in [0.25, 0.3) is 5.91 Å². The van der Waals surface area contributed by atoms with Crippen molar-refractivity contribution >= 4 is 29.3 Å². The lowest BCUT2D eigenvalue weighted by atomic mass is 10.0. The fourth-order valence-electron chi connectivity index (χ4n) is 3.19. The maximum atomic E-state index is 12.7. The van der Waals surface area contributed by atoms with Gasteiger partial charge in [-0.15, -0.1) is 10.2 Å². The van der Waals surface area contributed by atoms with Gasteiger partial charge in [0.2, 0.25) is 5.91 Å². The van der Waals surface area contributed by atoms with E-state index in [1.54, 1.807) is 24.3 Å². The topological polar surface area (TPSA) is 98.1 Å². The molecule has 0 unspecified atom stereocenters. The van der Waals surface area contributed by atoms with Crippen LogP contribution in [0.1, 0.15) is 43.0 Å². The number of benzene rings is 2. The molecule has 2 amide bonds. The molecule has 3 rings (SSSR count). The van der Waals surface area contributed by atoms with Gasteiger partial charge in [-0.2, -0.15) is 0 Å². The van der Waals surface area contributed by atoms with Gasteiger partial charge in [-0.25, -0.2) is 0 Å². The molecule has 174 valence electrons. The van der Waals surface area contributed by atoms with Gasteiger partial charge in [-0.1, -0.05) is 43.8 Å². The molecular formula is C24H29N5O3S. The molecule has 0 radical (unpaired) electrons. The Morgan fingerprint density at radius 1 is 1.06 bits per heavy atom. The van der Waals surface area contributed by atoms with Gasteiger partial charge in [0.1, 0.15) is 5.75 Å². The molecule has 0 bridgehead atoms. The maximum Gasteiger partial charge on any atom is 0.251 e. The first kappa shape index (κ1) is 24.3. The van der Waals surface area contributed by atoms with Crippen molar-refractivity contribution in [3.05, 3.63) is 66.0 Å². The number of aromatic nitrogens is 3. The molecule has 3 aromatic rings. The highest BCUT2D eigenvalue weighted by atomic mass is 32.2. The number of hydrogen-bond donors (Lipinski definition) is 2. The number of rotatable bonds is 10. The lowest BCUT2D eigenvalue weighted by Gasteiger charge is -2.21. The summed E-state index contributed by atoms with van der Waals surface area (Å²) in [5.74, 6) is 1.37. The summed E-state index contributed by atoms with van der Waals surface area (Å²) in [6.07, 6.45) is 0. The normalized spacial score (nSPS) is 11.8. The second kappa shape index (κ2) is 11.5. The summed E-state index contributed by atoms with van der Waals surface area (Å²) in [7, 11) is 1.84. The van der Waals surface area contributed by atoms with Gasteiger partial charge in [-0.3, -0.25) is 9.59 Å². The van der Waals surface area contributed by atoms with Crippen molar-refractivity contribution in [2.24, 2.45) is 13.0 Å². The van der Waals surface area contributed by atoms with E-state index in [1.165, 1.54) is 11.8 Å². The smallest absolute Gasteiger partial charge is 0.251 e. The van der Waals surface area contributed by atoms with E-state index in [4.69, 9.17) is 4.74 Å². The van der Waals surface area contributed by atoms with E-state index in [9.17, 15) is 9.59 Å². The van der Waals surface area contributed by atoms with Gasteiger partial charge in [0, 0.05) is 18.3 Å². The van der Waals surface area contributed by atoms with Crippen LogP contribution in [0.25, 0.3) is 0 Å². The van der Waals surface area contributed by atoms with E-state index in [2.05, 4.69) is 20.8 Å². The summed E-state index contributed by atoms with van der Waals surface area (Å²) in [4.78, 5) is 25.0. The highest BCUT2D eigenvalue weighted by molar-refractivity contribution is 7.99. The van der Waals surface area contributed by atoms with Crippen LogP contribution in [0.5, 0.6) is 5.75 Å². The number of ether oxygens (including phenoxy) is 1. The standard InChI is InChI=1S/C24H29N5O3S/c1-5-32-19-13-11-18(12-14-19)25-20(30)15-33-24-28-27-22(29(24)4)21(16(2)3)26-23(31)17-9-7-6-8-10-17/h6-14,16,21H,5,15H2,1-4H3,(H,25,30)(H,26,31)/t21-/m1/s1. The zero-order valence-corrected chi connectivity index (χ0v) is 20.1. The summed E-state index contributed by atoms with van der Waals surface area (Å²) in [6.45, 7) is 6.55. The molecule has 0 fully saturated rings. The molecule has 1 heterocycles. The number of carbonyl (C=O) groups is 2. The van der Waals surface area contributed by atoms with Crippen molar-refractivity contribution in [2.75, 3.05) is 17.7 Å². The Labute approximate surface area is 198 Å². The Balaban J connectivity index is 1.61. The molecular weight excluding hydrogens is 438 g/mol. The summed E-state index contributed by atoms with van der Waals surface area (Å²) < 4.78 is 7.23. The molecule has 1 aromatic heterocycles. The summed E-state index contributed by atoms with van der Waals surface area (Å²) in [5.41, 5.74) is 1.29. The van der Waals surface area contributed by atoms with Crippen LogP contribution in [-0.4, -0.2) is 38.9 Å². The number of amides is 2. The number of carbonyl (C=O) groups excluding carboxylic acids is 2. The third kappa shape index (κ3) is 6.58. The largest absolute Gasteiger partial charge is 0.494 e. The number of nitrogens with one attached hydrogen (secondary N) is 2. The highest BCUT2D eigenvalue weighted by Crippen LogP contribution is 2.25. The van der Waals surface area contributed by atoms with E-state index in [-0.39, 0.29) is 29.5 Å². The molecule has 9 heteroatoms. The van der Waals surface area contributed by atoms with Gasteiger partial charge in [-0.05, 0) is 49.2 Å². The Kier molecular flexibility index (Phi) is 8.48. The van der Waals surface area contributed by atoms with Crippen LogP contribution in [0.15, 0.2) is 59.8 Å². The van der Waals surface area contributed by atoms with Crippen LogP contribution in [0.4, 0.5) is 5.69 Å². The highest BCUT2D eigenvalue weighted by Gasteiger charge is 2.25. The fraction of sp³-hybridized carbons (Fsp3) is 0.333. The van der Waals surface area contributed by atoms with Crippen LogP contribution in [0.3, 0.4) is 0 Å². The molecule has 0 aliphatic carbocycles. The number of thioether (sulfide) groups is 1. The van der Waals surface area contributed by atoms with E-state index >= 15 is 0 Å². The third-order valence-corrected chi connectivity index (χ3v) is 5.94. The lowest BCUT2D eigenvalue weighted by Crippen LogP contribution is -2.33. The molecule has 0 aliphatic rings. The zero-order chi connectivity index (χ0) is 23.8. The first-order chi connectivity index (χ1) is 15.9. The van der Waals surface area contributed by atoms with Crippen molar-refractivity contribution in [1.82, 2.24) is 20.1 Å². The van der Waals surface area contributed by atoms with Crippen LogP contribution in [0.2, 0.25) is 0 Å². The van der Waals surface area contributed by atoms with Gasteiger partial charge in [0.15, 0.2) is 11.0 Å². The first-order valence-electron chi connectivity index (χ1n) is 10.8. The predicted molar refractivity (Wildman–Crippen MR) is 129 cm³/mol. The quantitative estimate of drug-likeness (QED) is 0.436. The lowest BCUT2D eigenvalue weighted by molar-refractivity contribution is -0.113. The average molecular weight is 468 g/mol. The molecule has 1 atom stereocenters. The van der Waals surface area contributed by atoms with Crippen molar-refractivity contribution in [2.45, 2.75) is 32.0 Å². The SMILES string of the molecule is CCOc1ccc(NC(=O)CSc2nnc([C@H](NC(=O)c3ccccc3)C(C)C)n2C)cc1. The molecule has 2 N–H and O–H groups in total. The minimum atomic E-state index is -0.317. The summed E-state index contributed by atoms with van der Waals surface area (Å²) >= 11 is 1.29. The zero-order valence-electron chi connectivity index (χ0n) is 19.2. The van der Waals surface area contributed by atoms with Crippen molar-refractivity contribution in [1.29, 1.82) is 0 Å². The van der Waals surface area contributed by atoms with Crippen LogP contribution in [-0.2, 0) is 11.8 Å². The molecule has 33 heavy (non-hydrogen) atoms. The minimum Gasteiger partial charge on any atom is -0.494 e. The average Bonchev–Trinajstić information content (AvgIpc) is 3.17. The molecule has 0 saturated heterocycles. The Hall–Kier alpha value is -3.33. The van der Waals surface area contributed by atoms with Gasteiger partial charge in [0.05, 0.1) is 18.4 Å². The number of nitrogens with zero attached hydrogens (tertiary/aromatic N) is 3. The molecule has 8 nitrogen and oxygen atoms in total. The van der Waals surface area contributed by atoms with Gasteiger partial charge >= 0.3 is 0 Å². The maximum absolute atomic E-state index is 12.7. The summed E-state index contributed by atoms with van der Waals surface area (Å²) in [6, 6.07) is 16.0. The van der Waals surface area contributed by atoms with E-state index in [0.29, 0.717) is 28.8 Å². The molecule has 0 aliphatic heterocycles. The fourth-order valence-corrected chi connectivity index (χ4v) is 3.91. The van der Waals surface area contributed by atoms with E-state index in [0.717, 1.165) is 5.75 Å². The Morgan fingerprint density at radius 3 is 2.39 bits per heavy atom. The Morgan fingerprint density at radius 2 is 1.76 bits per heavy atom. The van der Waals surface area contributed by atoms with Crippen molar-refractivity contribution < 1.29 is 14.3 Å². The monoisotopic (exact) mass is 467 g/mol. The summed E-state index contributed by atoms with van der Waals surface area (Å²) in [5, 5.41) is 15.1. The number of hydrogen-bond acceptors (Lipinski definition) is 6. The minimum absolute atomic E-state index is 0.0985. The van der Waals surface area contributed by atoms with E-state index < -0.39 is 0 Å². The van der Waals surface area contributed by atoms with Crippen LogP contribution < -0.4 is 15.4 Å². The van der Waals surface area contributed by atoms with E-state index in [1.807, 2.05) is 62.7 Å². The second-order valence-electron chi connectivity index (χ2n) is 7.76. The van der Waals surface area contributed by atoms with Crippen LogP contribution in [0, 0.1) is 5.92 Å². The predicted octanol–water partition coefficient (Wildman–Crippen LogP) is 4.07. The van der Waals surface area contributed by atoms with Crippen LogP contribution >= 0.6 is 11.8 Å². The Bertz CT molecular complexity index is 1070. The first-order valence-corrected chi connectivity index (χ1v) is 11.8. The van der Waals surface area contributed by atoms with Crippen molar-refractivity contribution in [3.8, 4) is 5.75 Å². The third-order valence-electron chi connectivity index (χ3n) is 4.92. The molecule has 0 spiro atoms. The second-order valence-corrected chi connectivity index (χ2v) is 8.70. The number of anilines is 1. The molecule has 0 saturated carbocycles.